The van der Waals surface area contributed by atoms with Crippen molar-refractivity contribution in [2.75, 3.05) is 0 Å². The van der Waals surface area contributed by atoms with E-state index >= 15 is 0 Å². The summed E-state index contributed by atoms with van der Waals surface area (Å²) in [5, 5.41) is 1.04. The molecule has 128 valence electrons. The summed E-state index contributed by atoms with van der Waals surface area (Å²) >= 11 is 0. The van der Waals surface area contributed by atoms with Crippen molar-refractivity contribution in [2.24, 2.45) is 0 Å². The van der Waals surface area contributed by atoms with E-state index in [-0.39, 0.29) is 17.8 Å². The van der Waals surface area contributed by atoms with Gasteiger partial charge in [-0.2, -0.15) is 13.2 Å². The predicted molar refractivity (Wildman–Crippen MR) is 92.3 cm³/mol. The Hall–Kier alpha value is -2.82. The minimum atomic E-state index is -4.40. The molecule has 25 heavy (non-hydrogen) atoms. The lowest BCUT2D eigenvalue weighted by Gasteiger charge is -2.08. The standard InChI is InChI=1S/C20H16F3NO/c1-13(17-12-24-18-5-3-2-4-16(17)18)6-11-19(25)14-7-9-15(10-8-14)20(21,22)23/h2-5,7-10,12,24H,1,6,11H2. The summed E-state index contributed by atoms with van der Waals surface area (Å²) in [5.41, 5.74) is 2.29. The fraction of sp³-hybridized carbons (Fsp3) is 0.150. The van der Waals surface area contributed by atoms with Gasteiger partial charge in [-0.05, 0) is 30.2 Å². The van der Waals surface area contributed by atoms with Crippen molar-refractivity contribution in [2.45, 2.75) is 19.0 Å². The Morgan fingerprint density at radius 1 is 1.00 bits per heavy atom. The molecule has 3 rings (SSSR count). The number of para-hydroxylation sites is 1. The zero-order chi connectivity index (χ0) is 18.0. The van der Waals surface area contributed by atoms with Gasteiger partial charge in [0.05, 0.1) is 5.56 Å². The van der Waals surface area contributed by atoms with Gasteiger partial charge in [-0.15, -0.1) is 0 Å². The molecular formula is C20H16F3NO. The first-order valence-electron chi connectivity index (χ1n) is 7.81. The number of allylic oxidation sites excluding steroid dienone is 1. The number of hydrogen-bond acceptors (Lipinski definition) is 1. The maximum Gasteiger partial charge on any atom is 0.416 e. The van der Waals surface area contributed by atoms with Crippen LogP contribution in [-0.4, -0.2) is 10.8 Å². The largest absolute Gasteiger partial charge is 0.416 e. The van der Waals surface area contributed by atoms with Crippen LogP contribution in [0, 0.1) is 0 Å². The Labute approximate surface area is 143 Å². The maximum atomic E-state index is 12.6. The molecule has 2 aromatic carbocycles. The SMILES string of the molecule is C=C(CCC(=O)c1ccc(C(F)(F)F)cc1)c1c[nH]c2ccccc12. The summed E-state index contributed by atoms with van der Waals surface area (Å²) in [4.78, 5) is 15.4. The van der Waals surface area contributed by atoms with Crippen molar-refractivity contribution in [3.8, 4) is 0 Å². The molecule has 0 atom stereocenters. The third-order valence-corrected chi connectivity index (χ3v) is 4.16. The van der Waals surface area contributed by atoms with Gasteiger partial charge in [-0.3, -0.25) is 4.79 Å². The van der Waals surface area contributed by atoms with Crippen LogP contribution in [0.5, 0.6) is 0 Å². The van der Waals surface area contributed by atoms with Crippen LogP contribution < -0.4 is 0 Å². The number of H-pyrrole nitrogens is 1. The van der Waals surface area contributed by atoms with Gasteiger partial charge in [0.1, 0.15) is 0 Å². The third kappa shape index (κ3) is 3.65. The van der Waals surface area contributed by atoms with Gasteiger partial charge in [-0.1, -0.05) is 36.9 Å². The normalized spacial score (nSPS) is 11.6. The zero-order valence-electron chi connectivity index (χ0n) is 13.4. The average molecular weight is 343 g/mol. The molecule has 0 radical (unpaired) electrons. The number of rotatable bonds is 5. The molecule has 0 fully saturated rings. The second kappa shape index (κ2) is 6.59. The molecule has 1 N–H and O–H groups in total. The second-order valence-corrected chi connectivity index (χ2v) is 5.85. The van der Waals surface area contributed by atoms with E-state index in [1.54, 1.807) is 0 Å². The minimum absolute atomic E-state index is 0.198. The van der Waals surface area contributed by atoms with Crippen LogP contribution >= 0.6 is 0 Å². The van der Waals surface area contributed by atoms with Crippen molar-refractivity contribution in [3.05, 3.63) is 78.0 Å². The Bertz CT molecular complexity index is 920. The number of nitrogens with one attached hydrogen (secondary N) is 1. The van der Waals surface area contributed by atoms with Crippen molar-refractivity contribution in [1.82, 2.24) is 4.98 Å². The van der Waals surface area contributed by atoms with Crippen molar-refractivity contribution >= 4 is 22.3 Å². The summed E-state index contributed by atoms with van der Waals surface area (Å²) in [6.45, 7) is 4.04. The van der Waals surface area contributed by atoms with Crippen LogP contribution in [0.3, 0.4) is 0 Å². The molecule has 0 aliphatic heterocycles. The summed E-state index contributed by atoms with van der Waals surface area (Å²) < 4.78 is 37.7. The van der Waals surface area contributed by atoms with Crippen LogP contribution in [0.2, 0.25) is 0 Å². The number of Topliss-reactive ketones (excluding diaryl/α,β-unsaturated/α-hetero) is 1. The molecule has 0 amide bonds. The fourth-order valence-electron chi connectivity index (χ4n) is 2.75. The van der Waals surface area contributed by atoms with E-state index in [0.29, 0.717) is 6.42 Å². The number of alkyl halides is 3. The monoisotopic (exact) mass is 343 g/mol. The van der Waals surface area contributed by atoms with E-state index in [1.807, 2.05) is 30.5 Å². The summed E-state index contributed by atoms with van der Waals surface area (Å²) in [5.74, 6) is -0.199. The Balaban J connectivity index is 1.67. The molecule has 1 aromatic heterocycles. The van der Waals surface area contributed by atoms with E-state index in [4.69, 9.17) is 0 Å². The molecule has 3 aromatic rings. The number of halogens is 3. The van der Waals surface area contributed by atoms with Gasteiger partial charge in [0, 0.05) is 34.6 Å². The highest BCUT2D eigenvalue weighted by atomic mass is 19.4. The fourth-order valence-corrected chi connectivity index (χ4v) is 2.75. The van der Waals surface area contributed by atoms with Crippen LogP contribution in [0.25, 0.3) is 16.5 Å². The van der Waals surface area contributed by atoms with Crippen molar-refractivity contribution in [3.63, 3.8) is 0 Å². The second-order valence-electron chi connectivity index (χ2n) is 5.85. The first-order chi connectivity index (χ1) is 11.9. The highest BCUT2D eigenvalue weighted by molar-refractivity contribution is 5.98. The smallest absolute Gasteiger partial charge is 0.361 e. The molecule has 5 heteroatoms. The third-order valence-electron chi connectivity index (χ3n) is 4.16. The molecule has 1 heterocycles. The molecule has 0 aliphatic rings. The van der Waals surface area contributed by atoms with E-state index < -0.39 is 11.7 Å². The van der Waals surface area contributed by atoms with Crippen LogP contribution in [-0.2, 0) is 6.18 Å². The first-order valence-corrected chi connectivity index (χ1v) is 7.81. The van der Waals surface area contributed by atoms with Crippen LogP contribution in [0.15, 0.2) is 61.3 Å². The topological polar surface area (TPSA) is 32.9 Å². The van der Waals surface area contributed by atoms with Gasteiger partial charge in [0.15, 0.2) is 5.78 Å². The van der Waals surface area contributed by atoms with Gasteiger partial charge < -0.3 is 4.98 Å². The average Bonchev–Trinajstić information content (AvgIpc) is 3.03. The van der Waals surface area contributed by atoms with Gasteiger partial charge in [0.2, 0.25) is 0 Å². The lowest BCUT2D eigenvalue weighted by Crippen LogP contribution is -2.06. The first kappa shape index (κ1) is 17.0. The molecule has 2 nitrogen and oxygen atoms in total. The van der Waals surface area contributed by atoms with Crippen LogP contribution in [0.1, 0.15) is 34.3 Å². The summed E-state index contributed by atoms with van der Waals surface area (Å²) in [6.07, 6.45) is -1.90. The number of benzene rings is 2. The molecule has 0 saturated heterocycles. The maximum absolute atomic E-state index is 12.6. The number of fused-ring (bicyclic) bond motifs is 1. The minimum Gasteiger partial charge on any atom is -0.361 e. The number of ketones is 1. The molecule has 0 aliphatic carbocycles. The van der Waals surface area contributed by atoms with E-state index in [2.05, 4.69) is 11.6 Å². The predicted octanol–water partition coefficient (Wildman–Crippen LogP) is 5.86. The van der Waals surface area contributed by atoms with Gasteiger partial charge in [-0.25, -0.2) is 0 Å². The lowest BCUT2D eigenvalue weighted by molar-refractivity contribution is -0.137. The quantitative estimate of drug-likeness (QED) is 0.578. The van der Waals surface area contributed by atoms with Gasteiger partial charge in [0.25, 0.3) is 0 Å². The Morgan fingerprint density at radius 2 is 1.68 bits per heavy atom. The number of aromatic nitrogens is 1. The number of aromatic amines is 1. The Kier molecular flexibility index (Phi) is 4.49. The Morgan fingerprint density at radius 3 is 2.36 bits per heavy atom. The highest BCUT2D eigenvalue weighted by Gasteiger charge is 2.30. The van der Waals surface area contributed by atoms with E-state index in [1.165, 1.54) is 12.1 Å². The van der Waals surface area contributed by atoms with E-state index in [9.17, 15) is 18.0 Å². The number of hydrogen-bond donors (Lipinski definition) is 1. The summed E-state index contributed by atoms with van der Waals surface area (Å²) in [6, 6.07) is 12.1. The molecular weight excluding hydrogens is 327 g/mol. The molecule has 0 spiro atoms. The number of carbonyl (C=O) groups is 1. The molecule has 0 unspecified atom stereocenters. The lowest BCUT2D eigenvalue weighted by atomic mass is 9.98. The molecule has 0 bridgehead atoms. The highest BCUT2D eigenvalue weighted by Crippen LogP contribution is 2.30. The van der Waals surface area contributed by atoms with Crippen LogP contribution in [0.4, 0.5) is 13.2 Å². The van der Waals surface area contributed by atoms with Gasteiger partial charge >= 0.3 is 6.18 Å². The molecule has 0 saturated carbocycles. The van der Waals surface area contributed by atoms with E-state index in [0.717, 1.165) is 34.2 Å². The van der Waals surface area contributed by atoms with Crippen molar-refractivity contribution < 1.29 is 18.0 Å². The zero-order valence-corrected chi connectivity index (χ0v) is 13.4. The number of carbonyl (C=O) groups excluding carboxylic acids is 1. The van der Waals surface area contributed by atoms with Crippen molar-refractivity contribution in [1.29, 1.82) is 0 Å². The summed E-state index contributed by atoms with van der Waals surface area (Å²) in [7, 11) is 0.